The van der Waals surface area contributed by atoms with Crippen LogP contribution in [-0.4, -0.2) is 15.7 Å². The van der Waals surface area contributed by atoms with E-state index in [0.29, 0.717) is 0 Å². The lowest BCUT2D eigenvalue weighted by molar-refractivity contribution is -0.112. The maximum absolute atomic E-state index is 11.8. The Morgan fingerprint density at radius 3 is 2.50 bits per heavy atom. The number of nitrogens with zero attached hydrogens (tertiary/aromatic N) is 1. The highest BCUT2D eigenvalue weighted by molar-refractivity contribution is 9.13. The van der Waals surface area contributed by atoms with E-state index in [1.54, 1.807) is 11.3 Å². The van der Waals surface area contributed by atoms with Crippen LogP contribution in [0, 0.1) is 6.92 Å². The van der Waals surface area contributed by atoms with Crippen LogP contribution in [0.25, 0.3) is 0 Å². The number of hydrogen-bond donors (Lipinski definition) is 0. The molecule has 0 aromatic carbocycles. The first-order valence-corrected chi connectivity index (χ1v) is 8.02. The van der Waals surface area contributed by atoms with Crippen molar-refractivity contribution >= 4 is 65.1 Å². The van der Waals surface area contributed by atoms with E-state index < -0.39 is 0 Å². The molecule has 0 amide bonds. The third-order valence-corrected chi connectivity index (χ3v) is 7.78. The summed E-state index contributed by atoms with van der Waals surface area (Å²) in [6, 6.07) is 0. The van der Waals surface area contributed by atoms with E-state index in [1.807, 2.05) is 6.92 Å². The number of hydrogen-bond acceptors (Lipinski definition) is 4. The van der Waals surface area contributed by atoms with Crippen molar-refractivity contribution in [3.05, 3.63) is 18.7 Å². The average molecular weight is 381 g/mol. The van der Waals surface area contributed by atoms with Crippen LogP contribution in [0.5, 0.6) is 0 Å². The lowest BCUT2D eigenvalue weighted by atomic mass is 10.3. The fourth-order valence-corrected chi connectivity index (χ4v) is 5.14. The molecule has 0 N–H and O–H groups in total. The van der Waals surface area contributed by atoms with Gasteiger partial charge < -0.3 is 0 Å². The van der Waals surface area contributed by atoms with E-state index in [9.17, 15) is 4.79 Å². The molecule has 1 fully saturated rings. The Bertz CT molecular complexity index is 531. The largest absolute Gasteiger partial charge is 0.284 e. The molecule has 16 heavy (non-hydrogen) atoms. The van der Waals surface area contributed by atoms with Crippen LogP contribution in [0.15, 0.2) is 13.3 Å². The van der Waals surface area contributed by atoms with E-state index in [0.717, 1.165) is 36.6 Å². The minimum atomic E-state index is -0.338. The second-order valence-electron chi connectivity index (χ2n) is 3.98. The Balaban J connectivity index is 2.06. The summed E-state index contributed by atoms with van der Waals surface area (Å²) in [6.45, 7) is 2.05. The minimum absolute atomic E-state index is 0.225. The van der Waals surface area contributed by atoms with Crippen molar-refractivity contribution in [3.8, 4) is 0 Å². The topological polar surface area (TPSA) is 29.4 Å². The Morgan fingerprint density at radius 2 is 2.06 bits per heavy atom. The number of rotatable bonds is 1. The normalized spacial score (nSPS) is 21.7. The van der Waals surface area contributed by atoms with Crippen LogP contribution < -0.4 is 0 Å². The second kappa shape index (κ2) is 3.67. The molecule has 3 rings (SSSR count). The fourth-order valence-electron chi connectivity index (χ4n) is 1.64. The van der Waals surface area contributed by atoms with Crippen LogP contribution in [-0.2, 0) is 4.79 Å². The van der Waals surface area contributed by atoms with E-state index >= 15 is 0 Å². The molecule has 1 aliphatic carbocycles. The van der Waals surface area contributed by atoms with Crippen molar-refractivity contribution in [3.63, 3.8) is 0 Å². The highest BCUT2D eigenvalue weighted by Crippen LogP contribution is 2.51. The van der Waals surface area contributed by atoms with Crippen molar-refractivity contribution < 1.29 is 4.79 Å². The number of aliphatic imine (C=N–C) groups is 1. The highest BCUT2D eigenvalue weighted by atomic mass is 79.9. The molecule has 0 radical (unpaired) electrons. The molecule has 2 nitrogen and oxygen atoms in total. The van der Waals surface area contributed by atoms with Gasteiger partial charge in [-0.05, 0) is 69.0 Å². The number of thiophene rings is 1. The van der Waals surface area contributed by atoms with Gasteiger partial charge in [0.25, 0.3) is 0 Å². The lowest BCUT2D eigenvalue weighted by Crippen LogP contribution is -2.10. The summed E-state index contributed by atoms with van der Waals surface area (Å²) in [4.78, 5) is 17.5. The van der Waals surface area contributed by atoms with Gasteiger partial charge in [-0.15, -0.1) is 11.3 Å². The first-order valence-electron chi connectivity index (χ1n) is 4.80. The molecule has 2 heterocycles. The quantitative estimate of drug-likeness (QED) is 0.732. The SMILES string of the molecule is Cc1c(C2=NC3(CC3)C(=O)S2)sc(Br)c1Br. The number of thioether (sulfide) groups is 1. The Kier molecular flexibility index (Phi) is 2.62. The summed E-state index contributed by atoms with van der Waals surface area (Å²) in [7, 11) is 0. The molecular formula is C10H7Br2NOS2. The zero-order valence-electron chi connectivity index (χ0n) is 8.34. The smallest absolute Gasteiger partial charge is 0.222 e. The summed E-state index contributed by atoms with van der Waals surface area (Å²) in [6.07, 6.45) is 1.85. The third kappa shape index (κ3) is 1.57. The summed E-state index contributed by atoms with van der Waals surface area (Å²) in [5, 5.41) is 1.12. The summed E-state index contributed by atoms with van der Waals surface area (Å²) < 4.78 is 2.13. The molecule has 0 saturated heterocycles. The molecule has 84 valence electrons. The Morgan fingerprint density at radius 1 is 1.38 bits per heavy atom. The second-order valence-corrected chi connectivity index (χ2v) is 8.08. The van der Waals surface area contributed by atoms with E-state index in [4.69, 9.17) is 0 Å². The van der Waals surface area contributed by atoms with E-state index in [-0.39, 0.29) is 10.7 Å². The van der Waals surface area contributed by atoms with Crippen LogP contribution in [0.2, 0.25) is 0 Å². The number of carbonyl (C=O) groups excluding carboxylic acids is 1. The number of carbonyl (C=O) groups is 1. The van der Waals surface area contributed by atoms with Crippen molar-refractivity contribution in [1.82, 2.24) is 0 Å². The van der Waals surface area contributed by atoms with Gasteiger partial charge >= 0.3 is 0 Å². The van der Waals surface area contributed by atoms with Gasteiger partial charge in [0.15, 0.2) is 0 Å². The third-order valence-electron chi connectivity index (χ3n) is 2.84. The zero-order chi connectivity index (χ0) is 11.5. The minimum Gasteiger partial charge on any atom is -0.284 e. The molecule has 1 aromatic rings. The van der Waals surface area contributed by atoms with Gasteiger partial charge in [-0.1, -0.05) is 0 Å². The molecule has 0 atom stereocenters. The van der Waals surface area contributed by atoms with Crippen LogP contribution in [0.3, 0.4) is 0 Å². The summed E-state index contributed by atoms with van der Waals surface area (Å²) >= 11 is 9.96. The predicted molar refractivity (Wildman–Crippen MR) is 75.6 cm³/mol. The standard InChI is InChI=1S/C10H7Br2NOS2/c1-4-5(11)7(12)15-6(4)8-13-10(2-3-10)9(14)16-8/h2-3H2,1H3. The molecule has 1 aromatic heterocycles. The van der Waals surface area contributed by atoms with Gasteiger partial charge in [-0.25, -0.2) is 0 Å². The van der Waals surface area contributed by atoms with Gasteiger partial charge in [0, 0.05) is 4.47 Å². The molecule has 1 spiro atoms. The summed E-state index contributed by atoms with van der Waals surface area (Å²) in [5.74, 6) is 0. The molecule has 0 bridgehead atoms. The number of halogens is 2. The Hall–Kier alpha value is 0.350. The maximum Gasteiger partial charge on any atom is 0.222 e. The molecule has 1 saturated carbocycles. The van der Waals surface area contributed by atoms with Gasteiger partial charge in [0.1, 0.15) is 10.6 Å². The zero-order valence-corrected chi connectivity index (χ0v) is 13.1. The van der Waals surface area contributed by atoms with Crippen molar-refractivity contribution in [2.45, 2.75) is 25.3 Å². The monoisotopic (exact) mass is 379 g/mol. The highest BCUT2D eigenvalue weighted by Gasteiger charge is 2.54. The van der Waals surface area contributed by atoms with Crippen LogP contribution >= 0.6 is 55.0 Å². The van der Waals surface area contributed by atoms with Crippen molar-refractivity contribution in [1.29, 1.82) is 0 Å². The van der Waals surface area contributed by atoms with E-state index in [2.05, 4.69) is 36.9 Å². The maximum atomic E-state index is 11.8. The van der Waals surface area contributed by atoms with Gasteiger partial charge in [0.2, 0.25) is 5.12 Å². The fraction of sp³-hybridized carbons (Fsp3) is 0.400. The predicted octanol–water partition coefficient (Wildman–Crippen LogP) is 4.13. The average Bonchev–Trinajstić information content (AvgIpc) is 2.89. The van der Waals surface area contributed by atoms with Crippen LogP contribution in [0.4, 0.5) is 0 Å². The van der Waals surface area contributed by atoms with Gasteiger partial charge in [-0.2, -0.15) is 0 Å². The first kappa shape index (κ1) is 11.4. The van der Waals surface area contributed by atoms with Gasteiger partial charge in [0.05, 0.1) is 8.66 Å². The Labute approximate surface area is 118 Å². The molecule has 0 unspecified atom stereocenters. The molecular weight excluding hydrogens is 374 g/mol. The summed E-state index contributed by atoms with van der Waals surface area (Å²) in [5.41, 5.74) is 0.823. The molecule has 2 aliphatic rings. The van der Waals surface area contributed by atoms with Gasteiger partial charge in [-0.3, -0.25) is 9.79 Å². The molecule has 6 heteroatoms. The molecule has 1 aliphatic heterocycles. The van der Waals surface area contributed by atoms with Crippen molar-refractivity contribution in [2.24, 2.45) is 4.99 Å². The lowest BCUT2D eigenvalue weighted by Gasteiger charge is -1.95. The first-order chi connectivity index (χ1) is 7.53. The van der Waals surface area contributed by atoms with E-state index in [1.165, 1.54) is 11.8 Å². The van der Waals surface area contributed by atoms with Crippen molar-refractivity contribution in [2.75, 3.05) is 0 Å². The van der Waals surface area contributed by atoms with Crippen LogP contribution in [0.1, 0.15) is 23.3 Å².